The third kappa shape index (κ3) is 2.61. The molecule has 0 saturated heterocycles. The summed E-state index contributed by atoms with van der Waals surface area (Å²) < 4.78 is 24.5. The monoisotopic (exact) mass is 220 g/mol. The molecule has 0 unspecified atom stereocenters. The normalized spacial score (nSPS) is 10.9. The van der Waals surface area contributed by atoms with E-state index in [-0.39, 0.29) is 11.6 Å². The molecule has 0 N–H and O–H groups in total. The summed E-state index contributed by atoms with van der Waals surface area (Å²) in [7, 11) is 0. The van der Waals surface area contributed by atoms with Crippen molar-refractivity contribution < 1.29 is 8.78 Å². The van der Waals surface area contributed by atoms with Crippen molar-refractivity contribution in [1.29, 1.82) is 0 Å². The molecule has 1 heterocycles. The topological polar surface area (TPSA) is 25.8 Å². The molecule has 2 nitrogen and oxygen atoms in total. The van der Waals surface area contributed by atoms with Gasteiger partial charge in [0.25, 0.3) is 6.43 Å². The van der Waals surface area contributed by atoms with Gasteiger partial charge in [-0.05, 0) is 18.1 Å². The minimum absolute atomic E-state index is 0.199. The highest BCUT2D eigenvalue weighted by Gasteiger charge is 2.12. The molecule has 0 aliphatic rings. The summed E-state index contributed by atoms with van der Waals surface area (Å²) in [6.07, 6.45) is -0.967. The number of halogens is 3. The number of aromatic nitrogens is 2. The van der Waals surface area contributed by atoms with Gasteiger partial charge in [0.05, 0.1) is 5.69 Å². The van der Waals surface area contributed by atoms with E-state index in [0.717, 1.165) is 12.8 Å². The summed E-state index contributed by atoms with van der Waals surface area (Å²) in [5.74, 6) is 0.199. The SMILES string of the molecule is CCCc1nnc(C(F)F)cc1CCl. The molecule has 0 saturated carbocycles. The van der Waals surface area contributed by atoms with Crippen LogP contribution in [-0.4, -0.2) is 10.2 Å². The lowest BCUT2D eigenvalue weighted by Crippen LogP contribution is -2.02. The molecule has 78 valence electrons. The maximum atomic E-state index is 12.3. The minimum Gasteiger partial charge on any atom is -0.203 e. The van der Waals surface area contributed by atoms with Crippen LogP contribution in [0.1, 0.15) is 36.7 Å². The molecule has 0 amide bonds. The average molecular weight is 221 g/mol. The maximum absolute atomic E-state index is 12.3. The second-order valence-electron chi connectivity index (χ2n) is 2.93. The molecule has 14 heavy (non-hydrogen) atoms. The van der Waals surface area contributed by atoms with Crippen LogP contribution in [0.3, 0.4) is 0 Å². The van der Waals surface area contributed by atoms with Crippen LogP contribution in [0.25, 0.3) is 0 Å². The van der Waals surface area contributed by atoms with E-state index in [1.54, 1.807) is 0 Å². The number of aryl methyl sites for hydroxylation is 1. The van der Waals surface area contributed by atoms with Crippen molar-refractivity contribution in [3.8, 4) is 0 Å². The van der Waals surface area contributed by atoms with Gasteiger partial charge in [-0.2, -0.15) is 5.10 Å². The van der Waals surface area contributed by atoms with Crippen LogP contribution < -0.4 is 0 Å². The van der Waals surface area contributed by atoms with Gasteiger partial charge in [0.1, 0.15) is 5.69 Å². The van der Waals surface area contributed by atoms with Gasteiger partial charge in [0.15, 0.2) is 0 Å². The van der Waals surface area contributed by atoms with Gasteiger partial charge in [0, 0.05) is 5.88 Å². The number of nitrogens with zero attached hydrogens (tertiary/aromatic N) is 2. The fraction of sp³-hybridized carbons (Fsp3) is 0.556. The van der Waals surface area contributed by atoms with Crippen LogP contribution in [0.15, 0.2) is 6.07 Å². The van der Waals surface area contributed by atoms with Crippen molar-refractivity contribution in [3.05, 3.63) is 23.0 Å². The number of hydrogen-bond donors (Lipinski definition) is 0. The lowest BCUT2D eigenvalue weighted by atomic mass is 10.1. The average Bonchev–Trinajstić information content (AvgIpc) is 2.18. The zero-order valence-electron chi connectivity index (χ0n) is 7.80. The van der Waals surface area contributed by atoms with E-state index in [0.29, 0.717) is 11.3 Å². The van der Waals surface area contributed by atoms with Gasteiger partial charge in [-0.1, -0.05) is 13.3 Å². The van der Waals surface area contributed by atoms with Crippen LogP contribution in [0.4, 0.5) is 8.78 Å². The predicted octanol–water partition coefficient (Wildman–Crippen LogP) is 3.11. The summed E-state index contributed by atoms with van der Waals surface area (Å²) in [6, 6.07) is 1.33. The van der Waals surface area contributed by atoms with Crippen molar-refractivity contribution in [2.45, 2.75) is 32.1 Å². The Morgan fingerprint density at radius 1 is 1.43 bits per heavy atom. The zero-order chi connectivity index (χ0) is 10.6. The van der Waals surface area contributed by atoms with Crippen molar-refractivity contribution in [2.75, 3.05) is 0 Å². The quantitative estimate of drug-likeness (QED) is 0.729. The summed E-state index contributed by atoms with van der Waals surface area (Å²) in [6.45, 7) is 1.99. The highest BCUT2D eigenvalue weighted by Crippen LogP contribution is 2.19. The standard InChI is InChI=1S/C9H11ClF2N2/c1-2-3-7-6(5-10)4-8(9(11)12)14-13-7/h4,9H,2-3,5H2,1H3. The van der Waals surface area contributed by atoms with E-state index in [1.807, 2.05) is 6.92 Å². The first kappa shape index (κ1) is 11.3. The van der Waals surface area contributed by atoms with E-state index >= 15 is 0 Å². The largest absolute Gasteiger partial charge is 0.282 e. The van der Waals surface area contributed by atoms with Crippen LogP contribution in [0, 0.1) is 0 Å². The predicted molar refractivity (Wildman–Crippen MR) is 50.5 cm³/mol. The van der Waals surface area contributed by atoms with Crippen molar-refractivity contribution in [1.82, 2.24) is 10.2 Å². The van der Waals surface area contributed by atoms with E-state index in [2.05, 4.69) is 10.2 Å². The van der Waals surface area contributed by atoms with Gasteiger partial charge in [-0.15, -0.1) is 16.7 Å². The fourth-order valence-corrected chi connectivity index (χ4v) is 1.37. The molecule has 1 aromatic heterocycles. The second kappa shape index (κ2) is 5.20. The lowest BCUT2D eigenvalue weighted by molar-refractivity contribution is 0.144. The Bertz CT molecular complexity index is 305. The smallest absolute Gasteiger partial charge is 0.203 e. The molecule has 0 fully saturated rings. The first-order chi connectivity index (χ1) is 6.69. The van der Waals surface area contributed by atoms with Gasteiger partial charge < -0.3 is 0 Å². The lowest BCUT2D eigenvalue weighted by Gasteiger charge is -2.05. The molecule has 0 atom stereocenters. The number of rotatable bonds is 4. The van der Waals surface area contributed by atoms with Gasteiger partial charge in [-0.25, -0.2) is 8.78 Å². The second-order valence-corrected chi connectivity index (χ2v) is 3.19. The van der Waals surface area contributed by atoms with Gasteiger partial charge in [0.2, 0.25) is 0 Å². The molecule has 0 spiro atoms. The Kier molecular flexibility index (Phi) is 4.20. The van der Waals surface area contributed by atoms with Crippen LogP contribution in [0.2, 0.25) is 0 Å². The maximum Gasteiger partial charge on any atom is 0.282 e. The van der Waals surface area contributed by atoms with Gasteiger partial charge in [-0.3, -0.25) is 0 Å². The first-order valence-electron chi connectivity index (χ1n) is 4.38. The Balaban J connectivity index is 2.98. The van der Waals surface area contributed by atoms with Gasteiger partial charge >= 0.3 is 0 Å². The molecular weight excluding hydrogens is 210 g/mol. The molecule has 1 rings (SSSR count). The van der Waals surface area contributed by atoms with E-state index in [1.165, 1.54) is 6.07 Å². The molecule has 0 aromatic carbocycles. The molecule has 0 bridgehead atoms. The Hall–Kier alpha value is -0.770. The zero-order valence-corrected chi connectivity index (χ0v) is 8.56. The molecule has 0 radical (unpaired) electrons. The van der Waals surface area contributed by atoms with E-state index < -0.39 is 6.43 Å². The highest BCUT2D eigenvalue weighted by atomic mass is 35.5. The van der Waals surface area contributed by atoms with Crippen molar-refractivity contribution in [2.24, 2.45) is 0 Å². The Morgan fingerprint density at radius 3 is 2.64 bits per heavy atom. The summed E-state index contributed by atoms with van der Waals surface area (Å²) in [5.41, 5.74) is 1.06. The van der Waals surface area contributed by atoms with Crippen LogP contribution in [-0.2, 0) is 12.3 Å². The van der Waals surface area contributed by atoms with Crippen LogP contribution in [0.5, 0.6) is 0 Å². The summed E-state index contributed by atoms with van der Waals surface area (Å²) >= 11 is 5.63. The number of hydrogen-bond acceptors (Lipinski definition) is 2. The molecule has 1 aromatic rings. The van der Waals surface area contributed by atoms with E-state index in [9.17, 15) is 8.78 Å². The summed E-state index contributed by atoms with van der Waals surface area (Å²) in [4.78, 5) is 0. The third-order valence-electron chi connectivity index (χ3n) is 1.83. The fourth-order valence-electron chi connectivity index (χ4n) is 1.14. The molecule has 5 heteroatoms. The molecular formula is C9H11ClF2N2. The number of alkyl halides is 3. The minimum atomic E-state index is -2.58. The summed E-state index contributed by atoms with van der Waals surface area (Å²) in [5, 5.41) is 7.19. The van der Waals surface area contributed by atoms with Crippen LogP contribution >= 0.6 is 11.6 Å². The van der Waals surface area contributed by atoms with Crippen molar-refractivity contribution in [3.63, 3.8) is 0 Å². The molecule has 0 aliphatic heterocycles. The van der Waals surface area contributed by atoms with E-state index in [4.69, 9.17) is 11.6 Å². The van der Waals surface area contributed by atoms with Crippen molar-refractivity contribution >= 4 is 11.6 Å². The Labute approximate surface area is 86.3 Å². The third-order valence-corrected chi connectivity index (χ3v) is 2.12. The highest BCUT2D eigenvalue weighted by molar-refractivity contribution is 6.17. The Morgan fingerprint density at radius 2 is 2.14 bits per heavy atom. The molecule has 0 aliphatic carbocycles. The first-order valence-corrected chi connectivity index (χ1v) is 4.92.